The molecule has 1 N–H and O–H groups in total. The second kappa shape index (κ2) is 3.02. The number of nitrogens with zero attached hydrogens (tertiary/aromatic N) is 1. The van der Waals surface area contributed by atoms with Gasteiger partial charge in [-0.2, -0.15) is 0 Å². The summed E-state index contributed by atoms with van der Waals surface area (Å²) in [5.41, 5.74) is 0.337. The molecule has 0 fully saturated rings. The summed E-state index contributed by atoms with van der Waals surface area (Å²) in [4.78, 5) is 14.6. The third-order valence-corrected chi connectivity index (χ3v) is 1.72. The topological polar surface area (TPSA) is 76.5 Å². The minimum atomic E-state index is -1.13. The van der Waals surface area contributed by atoms with E-state index >= 15 is 0 Å². The Morgan fingerprint density at radius 3 is 2.86 bits per heavy atom. The van der Waals surface area contributed by atoms with E-state index in [1.807, 2.05) is 0 Å². The minimum absolute atomic E-state index is 0.156. The molecule has 0 bridgehead atoms. The first-order chi connectivity index (χ1) is 6.68. The fourth-order valence-corrected chi connectivity index (χ4v) is 1.10. The Balaban J connectivity index is 2.48. The van der Waals surface area contributed by atoms with Gasteiger partial charge in [-0.3, -0.25) is 0 Å². The highest BCUT2D eigenvalue weighted by Gasteiger charge is 2.18. The summed E-state index contributed by atoms with van der Waals surface area (Å²) in [6, 6.07) is 3.33. The van der Waals surface area contributed by atoms with Crippen molar-refractivity contribution < 1.29 is 18.7 Å². The summed E-state index contributed by atoms with van der Waals surface area (Å²) in [5.74, 6) is -0.685. The first-order valence-electron chi connectivity index (χ1n) is 3.93. The van der Waals surface area contributed by atoms with E-state index in [4.69, 9.17) is 13.9 Å². The molecule has 2 aromatic heterocycles. The van der Waals surface area contributed by atoms with Gasteiger partial charge < -0.3 is 13.9 Å². The maximum Gasteiger partial charge on any atom is 0.373 e. The third-order valence-electron chi connectivity index (χ3n) is 1.72. The van der Waals surface area contributed by atoms with Crippen LogP contribution in [0.25, 0.3) is 11.7 Å². The molecule has 2 aromatic rings. The van der Waals surface area contributed by atoms with E-state index in [2.05, 4.69) is 4.98 Å². The molecule has 0 aromatic carbocycles. The number of carbonyl (C=O) groups is 1. The highest BCUT2D eigenvalue weighted by atomic mass is 16.4. The SMILES string of the molecule is Cc1nc(-c2ccco2)oc1C(=O)O. The summed E-state index contributed by atoms with van der Waals surface area (Å²) >= 11 is 0. The zero-order chi connectivity index (χ0) is 10.1. The summed E-state index contributed by atoms with van der Waals surface area (Å²) in [6.07, 6.45) is 1.47. The summed E-state index contributed by atoms with van der Waals surface area (Å²) in [7, 11) is 0. The van der Waals surface area contributed by atoms with Gasteiger partial charge in [-0.25, -0.2) is 9.78 Å². The molecule has 0 saturated carbocycles. The Kier molecular flexibility index (Phi) is 1.85. The van der Waals surface area contributed by atoms with E-state index < -0.39 is 5.97 Å². The standard InChI is InChI=1S/C9H7NO4/c1-5-7(9(11)12)14-8(10-5)6-3-2-4-13-6/h2-4H,1H3,(H,11,12). The van der Waals surface area contributed by atoms with Gasteiger partial charge in [0.1, 0.15) is 0 Å². The minimum Gasteiger partial charge on any atom is -0.475 e. The van der Waals surface area contributed by atoms with E-state index in [1.54, 1.807) is 19.1 Å². The van der Waals surface area contributed by atoms with Gasteiger partial charge >= 0.3 is 5.97 Å². The fraction of sp³-hybridized carbons (Fsp3) is 0.111. The molecule has 0 atom stereocenters. The number of hydrogen-bond acceptors (Lipinski definition) is 4. The number of carboxylic acid groups (broad SMARTS) is 1. The smallest absolute Gasteiger partial charge is 0.373 e. The molecule has 72 valence electrons. The van der Waals surface area contributed by atoms with Crippen molar-refractivity contribution in [3.05, 3.63) is 29.9 Å². The first kappa shape index (κ1) is 8.55. The molecule has 2 rings (SSSR count). The fourth-order valence-electron chi connectivity index (χ4n) is 1.10. The van der Waals surface area contributed by atoms with Gasteiger partial charge in [-0.05, 0) is 19.1 Å². The van der Waals surface area contributed by atoms with Crippen LogP contribution in [-0.4, -0.2) is 16.1 Å². The van der Waals surface area contributed by atoms with Crippen molar-refractivity contribution in [1.82, 2.24) is 4.98 Å². The van der Waals surface area contributed by atoms with Crippen LogP contribution in [0.15, 0.2) is 27.2 Å². The van der Waals surface area contributed by atoms with Crippen molar-refractivity contribution in [2.24, 2.45) is 0 Å². The summed E-state index contributed by atoms with van der Waals surface area (Å²) in [5, 5.41) is 8.71. The van der Waals surface area contributed by atoms with Gasteiger partial charge in [0.25, 0.3) is 5.89 Å². The Morgan fingerprint density at radius 1 is 1.57 bits per heavy atom. The molecule has 0 saturated heterocycles. The van der Waals surface area contributed by atoms with Gasteiger partial charge in [0, 0.05) is 0 Å². The lowest BCUT2D eigenvalue weighted by Gasteiger charge is -1.86. The van der Waals surface area contributed by atoms with Crippen LogP contribution < -0.4 is 0 Å². The molecule has 0 amide bonds. The zero-order valence-corrected chi connectivity index (χ0v) is 7.35. The molecular formula is C9H7NO4. The number of rotatable bonds is 2. The molecule has 2 heterocycles. The molecule has 0 aliphatic carbocycles. The average Bonchev–Trinajstić information content (AvgIpc) is 2.70. The second-order valence-corrected chi connectivity index (χ2v) is 2.72. The van der Waals surface area contributed by atoms with Crippen LogP contribution in [0.2, 0.25) is 0 Å². The monoisotopic (exact) mass is 193 g/mol. The van der Waals surface area contributed by atoms with Crippen molar-refractivity contribution in [2.75, 3.05) is 0 Å². The Morgan fingerprint density at radius 2 is 2.36 bits per heavy atom. The Hall–Kier alpha value is -2.04. The number of oxazole rings is 1. The number of aryl methyl sites for hydroxylation is 1. The molecule has 14 heavy (non-hydrogen) atoms. The van der Waals surface area contributed by atoms with Crippen LogP contribution in [0.5, 0.6) is 0 Å². The van der Waals surface area contributed by atoms with Crippen molar-refractivity contribution in [3.8, 4) is 11.7 Å². The first-order valence-corrected chi connectivity index (χ1v) is 3.93. The Labute approximate surface area is 79.0 Å². The van der Waals surface area contributed by atoms with Crippen LogP contribution >= 0.6 is 0 Å². The van der Waals surface area contributed by atoms with Gasteiger partial charge in [-0.1, -0.05) is 0 Å². The highest BCUT2D eigenvalue weighted by molar-refractivity contribution is 5.85. The predicted molar refractivity (Wildman–Crippen MR) is 45.9 cm³/mol. The zero-order valence-electron chi connectivity index (χ0n) is 7.35. The average molecular weight is 193 g/mol. The quantitative estimate of drug-likeness (QED) is 0.788. The van der Waals surface area contributed by atoms with Gasteiger partial charge in [0.15, 0.2) is 5.76 Å². The lowest BCUT2D eigenvalue weighted by atomic mass is 10.4. The number of carboxylic acids is 1. The third kappa shape index (κ3) is 1.28. The van der Waals surface area contributed by atoms with Crippen molar-refractivity contribution in [2.45, 2.75) is 6.92 Å². The summed E-state index contributed by atoms with van der Waals surface area (Å²) < 4.78 is 10.0. The van der Waals surface area contributed by atoms with Crippen LogP contribution in [-0.2, 0) is 0 Å². The van der Waals surface area contributed by atoms with Gasteiger partial charge in [0.2, 0.25) is 5.76 Å². The van der Waals surface area contributed by atoms with E-state index in [0.717, 1.165) is 0 Å². The van der Waals surface area contributed by atoms with Crippen LogP contribution in [0.3, 0.4) is 0 Å². The molecule has 0 unspecified atom stereocenters. The highest BCUT2D eigenvalue weighted by Crippen LogP contribution is 2.21. The van der Waals surface area contributed by atoms with E-state index in [1.165, 1.54) is 6.26 Å². The molecule has 5 nitrogen and oxygen atoms in total. The molecule has 0 spiro atoms. The number of aromatic nitrogens is 1. The van der Waals surface area contributed by atoms with Crippen molar-refractivity contribution in [3.63, 3.8) is 0 Å². The van der Waals surface area contributed by atoms with Crippen LogP contribution in [0.1, 0.15) is 16.2 Å². The second-order valence-electron chi connectivity index (χ2n) is 2.72. The molecule has 5 heteroatoms. The number of aromatic carboxylic acids is 1. The van der Waals surface area contributed by atoms with Gasteiger partial charge in [0.05, 0.1) is 12.0 Å². The summed E-state index contributed by atoms with van der Waals surface area (Å²) in [6.45, 7) is 1.57. The van der Waals surface area contributed by atoms with E-state index in [0.29, 0.717) is 11.5 Å². The van der Waals surface area contributed by atoms with Crippen LogP contribution in [0, 0.1) is 6.92 Å². The molecular weight excluding hydrogens is 186 g/mol. The van der Waals surface area contributed by atoms with Crippen molar-refractivity contribution >= 4 is 5.97 Å². The Bertz CT molecular complexity index is 455. The van der Waals surface area contributed by atoms with Gasteiger partial charge in [-0.15, -0.1) is 0 Å². The lowest BCUT2D eigenvalue weighted by molar-refractivity contribution is 0.0662. The van der Waals surface area contributed by atoms with Crippen LogP contribution in [0.4, 0.5) is 0 Å². The van der Waals surface area contributed by atoms with E-state index in [9.17, 15) is 4.79 Å². The number of hydrogen-bond donors (Lipinski definition) is 1. The predicted octanol–water partition coefficient (Wildman–Crippen LogP) is 1.94. The molecule has 0 radical (unpaired) electrons. The maximum absolute atomic E-state index is 10.6. The van der Waals surface area contributed by atoms with E-state index in [-0.39, 0.29) is 11.7 Å². The maximum atomic E-state index is 10.6. The lowest BCUT2D eigenvalue weighted by Crippen LogP contribution is -1.95. The molecule has 0 aliphatic heterocycles. The molecule has 0 aliphatic rings. The largest absolute Gasteiger partial charge is 0.475 e. The van der Waals surface area contributed by atoms with Crippen molar-refractivity contribution in [1.29, 1.82) is 0 Å². The normalized spacial score (nSPS) is 10.4. The number of furan rings is 1.